The van der Waals surface area contributed by atoms with Gasteiger partial charge in [0.25, 0.3) is 5.91 Å². The first-order chi connectivity index (χ1) is 12.9. The van der Waals surface area contributed by atoms with Crippen LogP contribution in [0.5, 0.6) is 0 Å². The van der Waals surface area contributed by atoms with Gasteiger partial charge in [0.05, 0.1) is 25.2 Å². The van der Waals surface area contributed by atoms with Crippen molar-refractivity contribution in [3.05, 3.63) is 46.3 Å². The predicted molar refractivity (Wildman–Crippen MR) is 96.4 cm³/mol. The second kappa shape index (κ2) is 7.94. The quantitative estimate of drug-likeness (QED) is 0.401. The summed E-state index contributed by atoms with van der Waals surface area (Å²) in [5.74, 6) is -2.39. The van der Waals surface area contributed by atoms with Gasteiger partial charge < -0.3 is 15.0 Å². The minimum atomic E-state index is -0.870. The van der Waals surface area contributed by atoms with Crippen LogP contribution in [0.2, 0.25) is 0 Å². The molecule has 0 saturated carbocycles. The van der Waals surface area contributed by atoms with Crippen molar-refractivity contribution in [1.82, 2.24) is 20.0 Å². The number of aliphatic hydroxyl groups excluding tert-OH is 1. The summed E-state index contributed by atoms with van der Waals surface area (Å²) in [5.41, 5.74) is 1.33. The number of anilines is 2. The van der Waals surface area contributed by atoms with Crippen molar-refractivity contribution in [1.29, 1.82) is 0 Å². The maximum atomic E-state index is 15.0. The summed E-state index contributed by atoms with van der Waals surface area (Å²) in [6.07, 6.45) is 1.34. The van der Waals surface area contributed by atoms with Gasteiger partial charge in [0.2, 0.25) is 0 Å². The van der Waals surface area contributed by atoms with E-state index in [9.17, 15) is 9.18 Å². The minimum Gasteiger partial charge on any atom is -0.394 e. The average molecular weight is 442 g/mol. The van der Waals surface area contributed by atoms with Crippen LogP contribution in [0.25, 0.3) is 11.2 Å². The van der Waals surface area contributed by atoms with Gasteiger partial charge in [-0.1, -0.05) is 15.9 Å². The smallest absolute Gasteiger partial charge is 0.295 e. The maximum Gasteiger partial charge on any atom is 0.295 e. The molecule has 8 nitrogen and oxygen atoms in total. The number of aromatic nitrogens is 3. The molecule has 142 valence electrons. The Labute approximate surface area is 160 Å². The van der Waals surface area contributed by atoms with Crippen LogP contribution in [-0.4, -0.2) is 38.8 Å². The van der Waals surface area contributed by atoms with Gasteiger partial charge in [-0.25, -0.2) is 24.2 Å². The lowest BCUT2D eigenvalue weighted by Gasteiger charge is -2.14. The molecule has 0 radical (unpaired) electrons. The van der Waals surface area contributed by atoms with Gasteiger partial charge in [-0.2, -0.15) is 0 Å². The number of imidazole rings is 1. The third-order valence-electron chi connectivity index (χ3n) is 3.55. The summed E-state index contributed by atoms with van der Waals surface area (Å²) in [4.78, 5) is 25.2. The van der Waals surface area contributed by atoms with Gasteiger partial charge in [0, 0.05) is 11.5 Å². The van der Waals surface area contributed by atoms with Crippen LogP contribution < -0.4 is 10.8 Å². The van der Waals surface area contributed by atoms with Crippen LogP contribution in [0.3, 0.4) is 0 Å². The van der Waals surface area contributed by atoms with Gasteiger partial charge in [-0.15, -0.1) is 0 Å². The monoisotopic (exact) mass is 441 g/mol. The Balaban J connectivity index is 2.09. The molecule has 0 fully saturated rings. The van der Waals surface area contributed by atoms with E-state index in [1.165, 1.54) is 23.0 Å². The molecule has 0 saturated heterocycles. The van der Waals surface area contributed by atoms with Crippen LogP contribution in [0.1, 0.15) is 10.5 Å². The van der Waals surface area contributed by atoms with Crippen molar-refractivity contribution in [3.63, 3.8) is 0 Å². The molecule has 3 aromatic rings. The van der Waals surface area contributed by atoms with Crippen molar-refractivity contribution in [2.45, 2.75) is 0 Å². The number of hydroxylamine groups is 1. The van der Waals surface area contributed by atoms with E-state index < -0.39 is 17.5 Å². The summed E-state index contributed by atoms with van der Waals surface area (Å²) in [6, 6.07) is 4.13. The van der Waals surface area contributed by atoms with Gasteiger partial charge >= 0.3 is 0 Å². The maximum absolute atomic E-state index is 15.0. The predicted octanol–water partition coefficient (Wildman–Crippen LogP) is 2.41. The fraction of sp³-hybridized carbons (Fsp3) is 0.188. The number of hydrogen-bond acceptors (Lipinski definition) is 6. The van der Waals surface area contributed by atoms with E-state index in [1.54, 1.807) is 13.1 Å². The second-order valence-corrected chi connectivity index (χ2v) is 6.35. The van der Waals surface area contributed by atoms with E-state index in [4.69, 9.17) is 9.94 Å². The van der Waals surface area contributed by atoms with Crippen molar-refractivity contribution in [2.24, 2.45) is 7.05 Å². The molecule has 3 rings (SSSR count). The third-order valence-corrected chi connectivity index (χ3v) is 4.05. The number of rotatable bonds is 6. The number of hydrogen-bond donors (Lipinski definition) is 3. The molecule has 0 atom stereocenters. The number of nitrogens with zero attached hydrogens (tertiary/aromatic N) is 3. The van der Waals surface area contributed by atoms with Crippen molar-refractivity contribution < 1.29 is 23.5 Å². The standard InChI is InChI=1S/C16H14BrF2N5O3/c1-24-7-20-13-11(19)12(21-10-3-2-8(17)6-9(10)18)14(22-15(13)24)16(26)23-27-5-4-25/h2-3,6-7,21,25H,4-5H2,1H3,(H,23,26). The lowest BCUT2D eigenvalue weighted by Crippen LogP contribution is -2.27. The van der Waals surface area contributed by atoms with Crippen molar-refractivity contribution in [2.75, 3.05) is 18.5 Å². The molecule has 1 amide bonds. The SMILES string of the molecule is Cn1cnc2c(F)c(Nc3ccc(Br)cc3F)c(C(=O)NOCCO)nc21. The van der Waals surface area contributed by atoms with E-state index in [0.717, 1.165) is 0 Å². The fourth-order valence-electron chi connectivity index (χ4n) is 2.31. The number of fused-ring (bicyclic) bond motifs is 1. The third kappa shape index (κ3) is 3.89. The number of pyridine rings is 1. The zero-order valence-corrected chi connectivity index (χ0v) is 15.5. The molecule has 2 aromatic heterocycles. The van der Waals surface area contributed by atoms with Crippen LogP contribution in [0.4, 0.5) is 20.2 Å². The molecular weight excluding hydrogens is 428 g/mol. The lowest BCUT2D eigenvalue weighted by atomic mass is 10.2. The largest absolute Gasteiger partial charge is 0.394 e. The molecule has 0 aliphatic carbocycles. The van der Waals surface area contributed by atoms with E-state index >= 15 is 4.39 Å². The highest BCUT2D eigenvalue weighted by Gasteiger charge is 2.24. The van der Waals surface area contributed by atoms with Crippen molar-refractivity contribution >= 4 is 44.4 Å². The Kier molecular flexibility index (Phi) is 5.63. The molecule has 0 unspecified atom stereocenters. The first kappa shape index (κ1) is 19.1. The zero-order chi connectivity index (χ0) is 19.6. The summed E-state index contributed by atoms with van der Waals surface area (Å²) < 4.78 is 31.1. The number of nitrogens with one attached hydrogen (secondary N) is 2. The Morgan fingerprint density at radius 2 is 2.19 bits per heavy atom. The van der Waals surface area contributed by atoms with E-state index in [2.05, 4.69) is 36.7 Å². The number of aryl methyl sites for hydroxylation is 1. The number of amides is 1. The number of carbonyl (C=O) groups excluding carboxylic acids is 1. The Hall–Kier alpha value is -2.63. The van der Waals surface area contributed by atoms with Gasteiger partial charge in [-0.05, 0) is 18.2 Å². The average Bonchev–Trinajstić information content (AvgIpc) is 3.00. The summed E-state index contributed by atoms with van der Waals surface area (Å²) >= 11 is 3.14. The number of aliphatic hydroxyl groups is 1. The molecule has 0 aliphatic rings. The zero-order valence-electron chi connectivity index (χ0n) is 14.0. The van der Waals surface area contributed by atoms with E-state index in [-0.39, 0.29) is 41.4 Å². The molecule has 3 N–H and O–H groups in total. The van der Waals surface area contributed by atoms with Gasteiger partial charge in [-0.3, -0.25) is 9.63 Å². The number of halogens is 3. The summed E-state index contributed by atoms with van der Waals surface area (Å²) in [5, 5.41) is 11.3. The fourth-order valence-corrected chi connectivity index (χ4v) is 2.64. The molecule has 11 heteroatoms. The molecule has 0 aliphatic heterocycles. The molecule has 2 heterocycles. The molecule has 0 bridgehead atoms. The molecular formula is C16H14BrF2N5O3. The normalized spacial score (nSPS) is 11.0. The molecule has 27 heavy (non-hydrogen) atoms. The summed E-state index contributed by atoms with van der Waals surface area (Å²) in [6.45, 7) is -0.482. The summed E-state index contributed by atoms with van der Waals surface area (Å²) in [7, 11) is 1.59. The van der Waals surface area contributed by atoms with Crippen LogP contribution in [0, 0.1) is 11.6 Å². The first-order valence-corrected chi connectivity index (χ1v) is 8.47. The van der Waals surface area contributed by atoms with Crippen LogP contribution in [-0.2, 0) is 11.9 Å². The van der Waals surface area contributed by atoms with E-state index in [1.807, 2.05) is 0 Å². The van der Waals surface area contributed by atoms with Crippen molar-refractivity contribution in [3.8, 4) is 0 Å². The topological polar surface area (TPSA) is 101 Å². The number of carbonyl (C=O) groups is 1. The lowest BCUT2D eigenvalue weighted by molar-refractivity contribution is 0.0165. The van der Waals surface area contributed by atoms with E-state index in [0.29, 0.717) is 4.47 Å². The molecule has 0 spiro atoms. The highest BCUT2D eigenvalue weighted by Crippen LogP contribution is 2.30. The molecule has 1 aromatic carbocycles. The van der Waals surface area contributed by atoms with Gasteiger partial charge in [0.1, 0.15) is 17.0 Å². The minimum absolute atomic E-state index is 0.0560. The van der Waals surface area contributed by atoms with Crippen LogP contribution >= 0.6 is 15.9 Å². The van der Waals surface area contributed by atoms with Crippen LogP contribution in [0.15, 0.2) is 29.0 Å². The Morgan fingerprint density at radius 3 is 2.89 bits per heavy atom. The second-order valence-electron chi connectivity index (χ2n) is 5.43. The first-order valence-electron chi connectivity index (χ1n) is 7.68. The Morgan fingerprint density at radius 1 is 1.41 bits per heavy atom. The van der Waals surface area contributed by atoms with Gasteiger partial charge in [0.15, 0.2) is 17.2 Å². The Bertz CT molecular complexity index is 1010. The highest BCUT2D eigenvalue weighted by molar-refractivity contribution is 9.10. The number of benzene rings is 1. The highest BCUT2D eigenvalue weighted by atomic mass is 79.9.